The van der Waals surface area contributed by atoms with E-state index in [1.165, 1.54) is 0 Å². The zero-order valence-corrected chi connectivity index (χ0v) is 17.4. The number of para-hydroxylation sites is 1. The highest BCUT2D eigenvalue weighted by Gasteiger charge is 2.08. The topological polar surface area (TPSA) is 62.1 Å². The number of nitriles is 1. The second-order valence-corrected chi connectivity index (χ2v) is 7.28. The summed E-state index contributed by atoms with van der Waals surface area (Å²) in [5.41, 5.74) is 4.17. The number of hydrogen-bond acceptors (Lipinski definition) is 3. The maximum atomic E-state index is 12.0. The molecule has 0 spiro atoms. The largest absolute Gasteiger partial charge is 0.483 e. The summed E-state index contributed by atoms with van der Waals surface area (Å²) in [7, 11) is 0. The van der Waals surface area contributed by atoms with Crippen LogP contribution in [-0.2, 0) is 4.79 Å². The summed E-state index contributed by atoms with van der Waals surface area (Å²) in [5, 5.41) is 12.3. The van der Waals surface area contributed by atoms with Crippen molar-refractivity contribution in [1.82, 2.24) is 0 Å². The zero-order chi connectivity index (χ0) is 20.6. The molecule has 3 rings (SSSR count). The average molecular weight is 447 g/mol. The summed E-state index contributed by atoms with van der Waals surface area (Å²) in [4.78, 5) is 12.0. The molecule has 0 heterocycles. The Morgan fingerprint density at radius 1 is 1.10 bits per heavy atom. The van der Waals surface area contributed by atoms with E-state index in [2.05, 4.69) is 27.3 Å². The number of aryl methyl sites for hydroxylation is 1. The van der Waals surface area contributed by atoms with Crippen molar-refractivity contribution in [2.45, 2.75) is 6.92 Å². The molecule has 0 saturated heterocycles. The fourth-order valence-electron chi connectivity index (χ4n) is 2.67. The predicted molar refractivity (Wildman–Crippen MR) is 119 cm³/mol. The molecule has 3 aromatic carbocycles. The Morgan fingerprint density at radius 3 is 2.48 bits per heavy atom. The van der Waals surface area contributed by atoms with E-state index in [9.17, 15) is 10.1 Å². The van der Waals surface area contributed by atoms with Crippen LogP contribution in [0.1, 0.15) is 16.7 Å². The average Bonchev–Trinajstić information content (AvgIpc) is 2.73. The van der Waals surface area contributed by atoms with Gasteiger partial charge in [-0.2, -0.15) is 5.26 Å². The van der Waals surface area contributed by atoms with E-state index in [4.69, 9.17) is 4.74 Å². The number of carbonyl (C=O) groups excluding carboxylic acids is 1. The third-order valence-electron chi connectivity index (χ3n) is 4.17. The molecule has 144 valence electrons. The van der Waals surface area contributed by atoms with Gasteiger partial charge < -0.3 is 10.1 Å². The van der Waals surface area contributed by atoms with Crippen LogP contribution in [-0.4, -0.2) is 12.5 Å². The van der Waals surface area contributed by atoms with E-state index < -0.39 is 0 Å². The van der Waals surface area contributed by atoms with E-state index in [0.717, 1.165) is 22.4 Å². The molecule has 0 radical (unpaired) electrons. The number of nitrogens with one attached hydrogen (secondary N) is 1. The summed E-state index contributed by atoms with van der Waals surface area (Å²) in [6, 6.07) is 24.8. The molecular weight excluding hydrogens is 428 g/mol. The van der Waals surface area contributed by atoms with E-state index in [1.807, 2.05) is 79.7 Å². The Bertz CT molecular complexity index is 1070. The van der Waals surface area contributed by atoms with Crippen molar-refractivity contribution in [3.05, 3.63) is 94.0 Å². The highest BCUT2D eigenvalue weighted by molar-refractivity contribution is 9.10. The van der Waals surface area contributed by atoms with Gasteiger partial charge in [-0.15, -0.1) is 0 Å². The predicted octanol–water partition coefficient (Wildman–Crippen LogP) is 5.84. The van der Waals surface area contributed by atoms with Gasteiger partial charge >= 0.3 is 0 Å². The van der Waals surface area contributed by atoms with Crippen molar-refractivity contribution in [1.29, 1.82) is 5.26 Å². The third kappa shape index (κ3) is 5.81. The number of nitrogens with zero attached hydrogens (tertiary/aromatic N) is 1. The van der Waals surface area contributed by atoms with Gasteiger partial charge in [-0.25, -0.2) is 0 Å². The minimum Gasteiger partial charge on any atom is -0.483 e. The fourth-order valence-corrected chi connectivity index (χ4v) is 3.18. The van der Waals surface area contributed by atoms with Gasteiger partial charge in [0.25, 0.3) is 5.91 Å². The molecule has 0 atom stereocenters. The molecule has 0 aliphatic carbocycles. The van der Waals surface area contributed by atoms with Gasteiger partial charge in [0, 0.05) is 5.69 Å². The van der Waals surface area contributed by atoms with Gasteiger partial charge in [0.2, 0.25) is 0 Å². The second kappa shape index (κ2) is 9.72. The van der Waals surface area contributed by atoms with Crippen LogP contribution < -0.4 is 10.1 Å². The van der Waals surface area contributed by atoms with Crippen molar-refractivity contribution >= 4 is 39.2 Å². The summed E-state index contributed by atoms with van der Waals surface area (Å²) in [6.45, 7) is 1.91. The Hall–Kier alpha value is -3.36. The Kier molecular flexibility index (Phi) is 6.83. The van der Waals surface area contributed by atoms with E-state index >= 15 is 0 Å². The molecule has 3 aromatic rings. The van der Waals surface area contributed by atoms with Crippen molar-refractivity contribution < 1.29 is 9.53 Å². The first-order valence-electron chi connectivity index (χ1n) is 9.01. The summed E-state index contributed by atoms with van der Waals surface area (Å²) in [6.07, 6.45) is 1.82. The second-order valence-electron chi connectivity index (χ2n) is 6.43. The molecule has 1 amide bonds. The summed E-state index contributed by atoms with van der Waals surface area (Å²) < 4.78 is 6.32. The van der Waals surface area contributed by atoms with Crippen molar-refractivity contribution in [3.8, 4) is 11.8 Å². The number of anilines is 1. The lowest BCUT2D eigenvalue weighted by Gasteiger charge is -2.10. The van der Waals surface area contributed by atoms with Crippen LogP contribution in [0.4, 0.5) is 5.69 Å². The normalized spacial score (nSPS) is 10.9. The number of rotatable bonds is 6. The molecule has 0 unspecified atom stereocenters. The van der Waals surface area contributed by atoms with Crippen LogP contribution in [0.15, 0.2) is 77.3 Å². The first-order chi connectivity index (χ1) is 14.0. The number of carbonyl (C=O) groups is 1. The van der Waals surface area contributed by atoms with E-state index in [-0.39, 0.29) is 12.5 Å². The standard InChI is InChI=1S/C24H19BrN2O2/c1-17-7-10-19(11-8-17)20(15-26)13-18-9-12-23(22(25)14-18)29-16-24(28)27-21-5-3-2-4-6-21/h2-14H,16H2,1H3,(H,27,28)/b20-13+. The molecule has 0 aromatic heterocycles. The first kappa shape index (κ1) is 20.4. The summed E-state index contributed by atoms with van der Waals surface area (Å²) >= 11 is 3.47. The number of halogens is 1. The molecule has 0 aliphatic rings. The van der Waals surface area contributed by atoms with Gasteiger partial charge in [-0.3, -0.25) is 4.79 Å². The van der Waals surface area contributed by atoms with Gasteiger partial charge in [0.15, 0.2) is 6.61 Å². The minimum absolute atomic E-state index is 0.102. The monoisotopic (exact) mass is 446 g/mol. The highest BCUT2D eigenvalue weighted by atomic mass is 79.9. The van der Waals surface area contributed by atoms with Gasteiger partial charge in [0.05, 0.1) is 16.1 Å². The lowest BCUT2D eigenvalue weighted by molar-refractivity contribution is -0.118. The van der Waals surface area contributed by atoms with Crippen LogP contribution in [0.3, 0.4) is 0 Å². The van der Waals surface area contributed by atoms with Crippen LogP contribution in [0.5, 0.6) is 5.75 Å². The van der Waals surface area contributed by atoms with Crippen molar-refractivity contribution in [2.75, 3.05) is 11.9 Å². The minimum atomic E-state index is -0.238. The fraction of sp³-hybridized carbons (Fsp3) is 0.0833. The number of benzene rings is 3. The van der Waals surface area contributed by atoms with Crippen LogP contribution in [0.25, 0.3) is 11.6 Å². The smallest absolute Gasteiger partial charge is 0.262 e. The quantitative estimate of drug-likeness (QED) is 0.382. The Labute approximate surface area is 178 Å². The van der Waals surface area contributed by atoms with Crippen LogP contribution in [0, 0.1) is 18.3 Å². The van der Waals surface area contributed by atoms with Crippen molar-refractivity contribution in [3.63, 3.8) is 0 Å². The Morgan fingerprint density at radius 2 is 1.83 bits per heavy atom. The van der Waals surface area contributed by atoms with Gasteiger partial charge in [0.1, 0.15) is 5.75 Å². The van der Waals surface area contributed by atoms with Gasteiger partial charge in [-0.1, -0.05) is 54.1 Å². The number of hydrogen-bond donors (Lipinski definition) is 1. The molecule has 0 bridgehead atoms. The first-order valence-corrected chi connectivity index (χ1v) is 9.80. The Balaban J connectivity index is 1.67. The number of ether oxygens (including phenoxy) is 1. The molecule has 0 saturated carbocycles. The lowest BCUT2D eigenvalue weighted by Crippen LogP contribution is -2.20. The highest BCUT2D eigenvalue weighted by Crippen LogP contribution is 2.28. The number of allylic oxidation sites excluding steroid dienone is 1. The van der Waals surface area contributed by atoms with E-state index in [0.29, 0.717) is 15.8 Å². The lowest BCUT2D eigenvalue weighted by atomic mass is 10.0. The maximum absolute atomic E-state index is 12.0. The molecule has 1 N–H and O–H groups in total. The van der Waals surface area contributed by atoms with Gasteiger partial charge in [-0.05, 0) is 64.3 Å². The SMILES string of the molecule is Cc1ccc(/C(C#N)=C/c2ccc(OCC(=O)Nc3ccccc3)c(Br)c2)cc1. The zero-order valence-electron chi connectivity index (χ0n) is 15.9. The van der Waals surface area contributed by atoms with E-state index in [1.54, 1.807) is 6.07 Å². The molecular formula is C24H19BrN2O2. The number of amides is 1. The van der Waals surface area contributed by atoms with Crippen LogP contribution >= 0.6 is 15.9 Å². The molecule has 0 aliphatic heterocycles. The third-order valence-corrected chi connectivity index (χ3v) is 4.79. The molecule has 0 fully saturated rings. The molecule has 29 heavy (non-hydrogen) atoms. The van der Waals surface area contributed by atoms with Crippen molar-refractivity contribution in [2.24, 2.45) is 0 Å². The molecule has 5 heteroatoms. The summed E-state index contributed by atoms with van der Waals surface area (Å²) in [5.74, 6) is 0.317. The maximum Gasteiger partial charge on any atom is 0.262 e. The molecule has 4 nitrogen and oxygen atoms in total. The van der Waals surface area contributed by atoms with Crippen LogP contribution in [0.2, 0.25) is 0 Å².